The normalized spacial score (nSPS) is 18.6. The van der Waals surface area contributed by atoms with Gasteiger partial charge in [-0.2, -0.15) is 0 Å². The predicted octanol–water partition coefficient (Wildman–Crippen LogP) is 3.56. The summed E-state index contributed by atoms with van der Waals surface area (Å²) >= 11 is 5.78. The SMILES string of the molecule is CC(C)Oc1cccc(C(=O)N2CCC(CCCl)C2)c1. The van der Waals surface area contributed by atoms with E-state index in [1.807, 2.05) is 43.0 Å². The lowest BCUT2D eigenvalue weighted by molar-refractivity contribution is 0.0786. The van der Waals surface area contributed by atoms with Crippen molar-refractivity contribution in [2.75, 3.05) is 19.0 Å². The average Bonchev–Trinajstić information content (AvgIpc) is 2.86. The van der Waals surface area contributed by atoms with Gasteiger partial charge in [-0.1, -0.05) is 6.07 Å². The molecular formula is C16H22ClNO2. The molecule has 0 radical (unpaired) electrons. The minimum absolute atomic E-state index is 0.0938. The zero-order chi connectivity index (χ0) is 14.5. The van der Waals surface area contributed by atoms with E-state index in [4.69, 9.17) is 16.3 Å². The van der Waals surface area contributed by atoms with E-state index < -0.39 is 0 Å². The molecule has 110 valence electrons. The monoisotopic (exact) mass is 295 g/mol. The molecule has 1 amide bonds. The first-order chi connectivity index (χ1) is 9.60. The largest absolute Gasteiger partial charge is 0.491 e. The van der Waals surface area contributed by atoms with Gasteiger partial charge in [0.2, 0.25) is 0 Å². The molecule has 0 bridgehead atoms. The second-order valence-corrected chi connectivity index (χ2v) is 5.96. The van der Waals surface area contributed by atoms with Gasteiger partial charge in [0, 0.05) is 24.5 Å². The van der Waals surface area contributed by atoms with Crippen LogP contribution in [0.4, 0.5) is 0 Å². The van der Waals surface area contributed by atoms with E-state index in [9.17, 15) is 4.79 Å². The highest BCUT2D eigenvalue weighted by molar-refractivity contribution is 6.17. The number of carbonyl (C=O) groups is 1. The summed E-state index contributed by atoms with van der Waals surface area (Å²) in [6.07, 6.45) is 2.16. The Morgan fingerprint density at radius 2 is 2.30 bits per heavy atom. The van der Waals surface area contributed by atoms with Gasteiger partial charge in [0.25, 0.3) is 5.91 Å². The van der Waals surface area contributed by atoms with E-state index in [2.05, 4.69) is 0 Å². The van der Waals surface area contributed by atoms with Crippen LogP contribution in [-0.2, 0) is 0 Å². The molecule has 0 aromatic heterocycles. The maximum atomic E-state index is 12.5. The summed E-state index contributed by atoms with van der Waals surface area (Å²) in [4.78, 5) is 14.4. The summed E-state index contributed by atoms with van der Waals surface area (Å²) in [7, 11) is 0. The lowest BCUT2D eigenvalue weighted by atomic mass is 10.1. The van der Waals surface area contributed by atoms with Gasteiger partial charge in [-0.3, -0.25) is 4.79 Å². The number of likely N-dealkylation sites (tertiary alicyclic amines) is 1. The first kappa shape index (κ1) is 15.2. The number of hydrogen-bond donors (Lipinski definition) is 0. The quantitative estimate of drug-likeness (QED) is 0.777. The highest BCUT2D eigenvalue weighted by atomic mass is 35.5. The van der Waals surface area contributed by atoms with Gasteiger partial charge >= 0.3 is 0 Å². The maximum absolute atomic E-state index is 12.5. The topological polar surface area (TPSA) is 29.5 Å². The third-order valence-electron chi connectivity index (χ3n) is 3.54. The van der Waals surface area contributed by atoms with Crippen LogP contribution in [0.5, 0.6) is 5.75 Å². The van der Waals surface area contributed by atoms with Crippen molar-refractivity contribution in [2.24, 2.45) is 5.92 Å². The molecule has 20 heavy (non-hydrogen) atoms. The van der Waals surface area contributed by atoms with Gasteiger partial charge in [-0.05, 0) is 50.8 Å². The molecule has 0 N–H and O–H groups in total. The molecule has 1 heterocycles. The van der Waals surface area contributed by atoms with Crippen molar-refractivity contribution in [1.29, 1.82) is 0 Å². The standard InChI is InChI=1S/C16H22ClNO2/c1-12(2)20-15-5-3-4-14(10-15)16(19)18-9-7-13(11-18)6-8-17/h3-5,10,12-13H,6-9,11H2,1-2H3. The number of ether oxygens (including phenoxy) is 1. The van der Waals surface area contributed by atoms with Crippen LogP contribution in [0.1, 0.15) is 37.0 Å². The number of amides is 1. The molecule has 1 fully saturated rings. The number of benzene rings is 1. The number of rotatable bonds is 5. The Hall–Kier alpha value is -1.22. The third kappa shape index (κ3) is 3.89. The lowest BCUT2D eigenvalue weighted by Crippen LogP contribution is -2.28. The van der Waals surface area contributed by atoms with Crippen LogP contribution in [0.2, 0.25) is 0 Å². The van der Waals surface area contributed by atoms with Crippen LogP contribution in [0.25, 0.3) is 0 Å². The fraction of sp³-hybridized carbons (Fsp3) is 0.562. The molecule has 1 atom stereocenters. The van der Waals surface area contributed by atoms with Crippen LogP contribution in [0.15, 0.2) is 24.3 Å². The molecule has 1 aliphatic rings. The van der Waals surface area contributed by atoms with E-state index in [0.717, 1.165) is 31.7 Å². The average molecular weight is 296 g/mol. The van der Waals surface area contributed by atoms with Crippen molar-refractivity contribution in [3.8, 4) is 5.75 Å². The van der Waals surface area contributed by atoms with Crippen LogP contribution in [-0.4, -0.2) is 35.9 Å². The van der Waals surface area contributed by atoms with Crippen molar-refractivity contribution in [2.45, 2.75) is 32.8 Å². The minimum atomic E-state index is 0.0938. The highest BCUT2D eigenvalue weighted by Gasteiger charge is 2.26. The fourth-order valence-corrected chi connectivity index (χ4v) is 2.87. The Bertz CT molecular complexity index is 462. The number of carbonyl (C=O) groups excluding carboxylic acids is 1. The number of hydrogen-bond acceptors (Lipinski definition) is 2. The van der Waals surface area contributed by atoms with Crippen LogP contribution in [0, 0.1) is 5.92 Å². The van der Waals surface area contributed by atoms with E-state index in [1.165, 1.54) is 0 Å². The second-order valence-electron chi connectivity index (χ2n) is 5.58. The number of nitrogens with zero attached hydrogens (tertiary/aromatic N) is 1. The summed E-state index contributed by atoms with van der Waals surface area (Å²) in [6.45, 7) is 5.61. The van der Waals surface area contributed by atoms with Crippen molar-refractivity contribution < 1.29 is 9.53 Å². The minimum Gasteiger partial charge on any atom is -0.491 e. The predicted molar refractivity (Wildman–Crippen MR) is 81.6 cm³/mol. The van der Waals surface area contributed by atoms with Gasteiger partial charge in [-0.15, -0.1) is 11.6 Å². The third-order valence-corrected chi connectivity index (χ3v) is 3.76. The van der Waals surface area contributed by atoms with Crippen LogP contribution in [0.3, 0.4) is 0 Å². The first-order valence-electron chi connectivity index (χ1n) is 7.22. The summed E-state index contributed by atoms with van der Waals surface area (Å²) in [5.41, 5.74) is 0.703. The zero-order valence-corrected chi connectivity index (χ0v) is 12.9. The molecule has 1 saturated heterocycles. The van der Waals surface area contributed by atoms with Crippen molar-refractivity contribution in [3.63, 3.8) is 0 Å². The Kier molecular flexibility index (Phi) is 5.30. The van der Waals surface area contributed by atoms with Gasteiger partial charge in [0.15, 0.2) is 0 Å². The molecular weight excluding hydrogens is 274 g/mol. The summed E-state index contributed by atoms with van der Waals surface area (Å²) < 4.78 is 5.64. The molecule has 0 spiro atoms. The van der Waals surface area contributed by atoms with E-state index >= 15 is 0 Å². The van der Waals surface area contributed by atoms with E-state index in [0.29, 0.717) is 17.4 Å². The Balaban J connectivity index is 2.02. The van der Waals surface area contributed by atoms with Gasteiger partial charge in [-0.25, -0.2) is 0 Å². The Morgan fingerprint density at radius 1 is 1.50 bits per heavy atom. The van der Waals surface area contributed by atoms with Crippen molar-refractivity contribution >= 4 is 17.5 Å². The van der Waals surface area contributed by atoms with Gasteiger partial charge in [0.1, 0.15) is 5.75 Å². The number of halogens is 1. The van der Waals surface area contributed by atoms with Crippen LogP contribution >= 0.6 is 11.6 Å². The highest BCUT2D eigenvalue weighted by Crippen LogP contribution is 2.23. The van der Waals surface area contributed by atoms with E-state index in [-0.39, 0.29) is 12.0 Å². The van der Waals surface area contributed by atoms with Crippen molar-refractivity contribution in [3.05, 3.63) is 29.8 Å². The van der Waals surface area contributed by atoms with Gasteiger partial charge in [0.05, 0.1) is 6.10 Å². The smallest absolute Gasteiger partial charge is 0.253 e. The van der Waals surface area contributed by atoms with E-state index in [1.54, 1.807) is 0 Å². The fourth-order valence-electron chi connectivity index (χ4n) is 2.56. The molecule has 1 aliphatic heterocycles. The molecule has 3 nitrogen and oxygen atoms in total. The Labute approximate surface area is 125 Å². The van der Waals surface area contributed by atoms with Gasteiger partial charge < -0.3 is 9.64 Å². The molecule has 1 unspecified atom stereocenters. The zero-order valence-electron chi connectivity index (χ0n) is 12.1. The maximum Gasteiger partial charge on any atom is 0.253 e. The van der Waals surface area contributed by atoms with Crippen LogP contribution < -0.4 is 4.74 Å². The first-order valence-corrected chi connectivity index (χ1v) is 7.75. The Morgan fingerprint density at radius 3 is 3.00 bits per heavy atom. The molecule has 4 heteroatoms. The molecule has 1 aromatic carbocycles. The molecule has 0 saturated carbocycles. The van der Waals surface area contributed by atoms with Crippen molar-refractivity contribution in [1.82, 2.24) is 4.90 Å². The second kappa shape index (κ2) is 6.98. The summed E-state index contributed by atoms with van der Waals surface area (Å²) in [6, 6.07) is 7.44. The molecule has 0 aliphatic carbocycles. The summed E-state index contributed by atoms with van der Waals surface area (Å²) in [5.74, 6) is 2.06. The number of alkyl halides is 1. The lowest BCUT2D eigenvalue weighted by Gasteiger charge is -2.17. The molecule has 2 rings (SSSR count). The molecule has 1 aromatic rings. The summed E-state index contributed by atoms with van der Waals surface area (Å²) in [5, 5.41) is 0.